The van der Waals surface area contributed by atoms with E-state index in [-0.39, 0.29) is 0 Å². The van der Waals surface area contributed by atoms with Gasteiger partial charge in [0.1, 0.15) is 0 Å². The van der Waals surface area contributed by atoms with Gasteiger partial charge in [-0.15, -0.1) is 0 Å². The van der Waals surface area contributed by atoms with Gasteiger partial charge in [-0.25, -0.2) is 4.79 Å². The third kappa shape index (κ3) is 2.83. The first-order valence-electron chi connectivity index (χ1n) is 7.14. The Labute approximate surface area is 126 Å². The van der Waals surface area contributed by atoms with Crippen molar-refractivity contribution in [2.45, 2.75) is 52.2 Å². The van der Waals surface area contributed by atoms with E-state index >= 15 is 0 Å². The molecule has 0 spiro atoms. The van der Waals surface area contributed by atoms with Crippen molar-refractivity contribution in [1.82, 2.24) is 4.98 Å². The summed E-state index contributed by atoms with van der Waals surface area (Å²) in [7, 11) is 0.826. The second kappa shape index (κ2) is 5.42. The quantitative estimate of drug-likeness (QED) is 0.627. The summed E-state index contributed by atoms with van der Waals surface area (Å²) in [5.41, 5.74) is 1.20. The molecule has 2 rings (SSSR count). The predicted molar refractivity (Wildman–Crippen MR) is 80.7 cm³/mol. The Bertz CT molecular complexity index is 541. The number of rotatable bonds is 3. The van der Waals surface area contributed by atoms with Gasteiger partial charge in [0.15, 0.2) is 0 Å². The highest BCUT2D eigenvalue weighted by Crippen LogP contribution is 2.36. The third-order valence-electron chi connectivity index (χ3n) is 4.27. The Morgan fingerprint density at radius 3 is 2.33 bits per heavy atom. The first kappa shape index (κ1) is 16.0. The number of pyridine rings is 1. The fraction of sp³-hybridized carbons (Fsp3) is 0.600. The first-order valence-corrected chi connectivity index (χ1v) is 7.14. The molecule has 0 saturated carbocycles. The van der Waals surface area contributed by atoms with Crippen LogP contribution in [0.15, 0.2) is 12.3 Å². The van der Waals surface area contributed by atoms with Crippen molar-refractivity contribution in [1.29, 1.82) is 0 Å². The summed E-state index contributed by atoms with van der Waals surface area (Å²) < 4.78 is 16.8. The SMILES string of the molecule is CCc1ncc(C(=O)OC)cc1B1OC(C)(C)C(C)(C)O1. The van der Waals surface area contributed by atoms with Gasteiger partial charge in [0, 0.05) is 17.4 Å². The summed E-state index contributed by atoms with van der Waals surface area (Å²) in [6.45, 7) is 9.99. The van der Waals surface area contributed by atoms with E-state index in [0.717, 1.165) is 17.6 Å². The number of hydrogen-bond acceptors (Lipinski definition) is 5. The molecule has 0 atom stereocenters. The minimum Gasteiger partial charge on any atom is -0.465 e. The molecule has 21 heavy (non-hydrogen) atoms. The van der Waals surface area contributed by atoms with Gasteiger partial charge < -0.3 is 14.0 Å². The van der Waals surface area contributed by atoms with Crippen LogP contribution in [0.5, 0.6) is 0 Å². The van der Waals surface area contributed by atoms with Crippen molar-refractivity contribution in [2.24, 2.45) is 0 Å². The van der Waals surface area contributed by atoms with Crippen LogP contribution in [0.25, 0.3) is 0 Å². The van der Waals surface area contributed by atoms with Crippen molar-refractivity contribution >= 4 is 18.6 Å². The van der Waals surface area contributed by atoms with Crippen molar-refractivity contribution in [2.75, 3.05) is 7.11 Å². The number of methoxy groups -OCH3 is 1. The van der Waals surface area contributed by atoms with Crippen LogP contribution in [-0.2, 0) is 20.5 Å². The minimum absolute atomic E-state index is 0.402. The maximum absolute atomic E-state index is 11.7. The van der Waals surface area contributed by atoms with Gasteiger partial charge >= 0.3 is 13.1 Å². The van der Waals surface area contributed by atoms with Crippen molar-refractivity contribution in [3.8, 4) is 0 Å². The van der Waals surface area contributed by atoms with Crippen LogP contribution in [0.2, 0.25) is 0 Å². The van der Waals surface area contributed by atoms with Crippen molar-refractivity contribution in [3.63, 3.8) is 0 Å². The van der Waals surface area contributed by atoms with Crippen molar-refractivity contribution < 1.29 is 18.8 Å². The number of ether oxygens (including phenoxy) is 1. The number of nitrogens with zero attached hydrogens (tertiary/aromatic N) is 1. The molecule has 0 aromatic carbocycles. The molecule has 1 aliphatic heterocycles. The molecule has 6 heteroatoms. The summed E-state index contributed by atoms with van der Waals surface area (Å²) in [5, 5.41) is 0. The average Bonchev–Trinajstić information content (AvgIpc) is 2.65. The Morgan fingerprint density at radius 2 is 1.86 bits per heavy atom. The second-order valence-electron chi connectivity index (χ2n) is 6.19. The molecule has 1 aromatic heterocycles. The van der Waals surface area contributed by atoms with Gasteiger partial charge in [0.25, 0.3) is 0 Å². The Morgan fingerprint density at radius 1 is 1.29 bits per heavy atom. The zero-order valence-corrected chi connectivity index (χ0v) is 13.5. The summed E-state index contributed by atoms with van der Waals surface area (Å²) in [4.78, 5) is 16.0. The standard InChI is InChI=1S/C15H22BNO4/c1-7-12-11(8-10(9-17-12)13(18)19-6)16-20-14(2,3)15(4,5)21-16/h8-9H,7H2,1-6H3. The smallest absolute Gasteiger partial charge is 0.465 e. The maximum Gasteiger partial charge on any atom is 0.496 e. The Kier molecular flexibility index (Phi) is 4.13. The van der Waals surface area contributed by atoms with Crippen LogP contribution in [0.4, 0.5) is 0 Å². The predicted octanol–water partition coefficient (Wildman–Crippen LogP) is 1.73. The zero-order chi connectivity index (χ0) is 15.8. The van der Waals surface area contributed by atoms with E-state index < -0.39 is 24.3 Å². The van der Waals surface area contributed by atoms with E-state index in [4.69, 9.17) is 14.0 Å². The Hall–Kier alpha value is -1.40. The highest BCUT2D eigenvalue weighted by atomic mass is 16.7. The summed E-state index contributed by atoms with van der Waals surface area (Å²) in [6, 6.07) is 1.75. The topological polar surface area (TPSA) is 57.7 Å². The van der Waals surface area contributed by atoms with Gasteiger partial charge in [0.05, 0.1) is 23.9 Å². The van der Waals surface area contributed by atoms with Crippen LogP contribution < -0.4 is 5.46 Å². The first-order chi connectivity index (χ1) is 9.71. The van der Waals surface area contributed by atoms with Gasteiger partial charge in [0.2, 0.25) is 0 Å². The molecule has 0 radical (unpaired) electrons. The van der Waals surface area contributed by atoms with Crippen molar-refractivity contribution in [3.05, 3.63) is 23.5 Å². The summed E-state index contributed by atoms with van der Waals surface area (Å²) in [5.74, 6) is -0.414. The molecule has 0 bridgehead atoms. The number of aryl methyl sites for hydroxylation is 1. The molecule has 1 saturated heterocycles. The van der Waals surface area contributed by atoms with Gasteiger partial charge in [-0.05, 0) is 40.2 Å². The molecule has 2 heterocycles. The number of carbonyl (C=O) groups excluding carboxylic acids is 1. The molecule has 0 amide bonds. The molecule has 0 N–H and O–H groups in total. The Balaban J connectivity index is 2.41. The highest BCUT2D eigenvalue weighted by molar-refractivity contribution is 6.62. The van der Waals surface area contributed by atoms with Crippen LogP contribution in [0.3, 0.4) is 0 Å². The molecule has 1 aliphatic rings. The van der Waals surface area contributed by atoms with E-state index in [2.05, 4.69) is 4.98 Å². The lowest BCUT2D eigenvalue weighted by Gasteiger charge is -2.32. The fourth-order valence-corrected chi connectivity index (χ4v) is 2.21. The van der Waals surface area contributed by atoms with E-state index in [1.54, 1.807) is 6.07 Å². The zero-order valence-electron chi connectivity index (χ0n) is 13.5. The normalized spacial score (nSPS) is 19.6. The lowest BCUT2D eigenvalue weighted by molar-refractivity contribution is 0.00578. The van der Waals surface area contributed by atoms with Crippen LogP contribution >= 0.6 is 0 Å². The molecule has 5 nitrogen and oxygen atoms in total. The number of esters is 1. The molecule has 1 aromatic rings. The van der Waals surface area contributed by atoms with Gasteiger partial charge in [-0.3, -0.25) is 4.98 Å². The van der Waals surface area contributed by atoms with E-state index in [1.165, 1.54) is 13.3 Å². The van der Waals surface area contributed by atoms with E-state index in [1.807, 2.05) is 34.6 Å². The summed E-state index contributed by atoms with van der Waals surface area (Å²) in [6.07, 6.45) is 2.26. The average molecular weight is 291 g/mol. The van der Waals surface area contributed by atoms with Crippen LogP contribution in [0.1, 0.15) is 50.7 Å². The minimum atomic E-state index is -0.526. The lowest BCUT2D eigenvalue weighted by atomic mass is 9.76. The molecule has 1 fully saturated rings. The number of aromatic nitrogens is 1. The fourth-order valence-electron chi connectivity index (χ4n) is 2.21. The third-order valence-corrected chi connectivity index (χ3v) is 4.27. The highest BCUT2D eigenvalue weighted by Gasteiger charge is 2.52. The van der Waals surface area contributed by atoms with E-state index in [9.17, 15) is 4.79 Å². The number of hydrogen-bond donors (Lipinski definition) is 0. The molecule has 114 valence electrons. The van der Waals surface area contributed by atoms with Crippen LogP contribution in [-0.4, -0.2) is 36.4 Å². The van der Waals surface area contributed by atoms with Gasteiger partial charge in [-0.1, -0.05) is 6.92 Å². The van der Waals surface area contributed by atoms with E-state index in [0.29, 0.717) is 5.56 Å². The molecule has 0 aliphatic carbocycles. The lowest BCUT2D eigenvalue weighted by Crippen LogP contribution is -2.41. The molecule has 0 unspecified atom stereocenters. The maximum atomic E-state index is 11.7. The monoisotopic (exact) mass is 291 g/mol. The molecular weight excluding hydrogens is 269 g/mol. The summed E-state index contributed by atoms with van der Waals surface area (Å²) >= 11 is 0. The van der Waals surface area contributed by atoms with Crippen LogP contribution in [0, 0.1) is 0 Å². The number of carbonyl (C=O) groups is 1. The molecular formula is C15H22BNO4. The van der Waals surface area contributed by atoms with Gasteiger partial charge in [-0.2, -0.15) is 0 Å². The second-order valence-corrected chi connectivity index (χ2v) is 6.19. The largest absolute Gasteiger partial charge is 0.496 e.